The van der Waals surface area contributed by atoms with Crippen molar-refractivity contribution in [1.29, 1.82) is 0 Å². The fourth-order valence-corrected chi connectivity index (χ4v) is 2.05. The Labute approximate surface area is 113 Å². The van der Waals surface area contributed by atoms with E-state index >= 15 is 0 Å². The number of nitrogens with zero attached hydrogens (tertiary/aromatic N) is 1. The Balaban J connectivity index is 2.09. The van der Waals surface area contributed by atoms with Gasteiger partial charge < -0.3 is 0 Å². The van der Waals surface area contributed by atoms with Crippen molar-refractivity contribution in [3.05, 3.63) is 74.8 Å². The van der Waals surface area contributed by atoms with Gasteiger partial charge in [0.15, 0.2) is 0 Å². The van der Waals surface area contributed by atoms with Crippen LogP contribution in [0.25, 0.3) is 0 Å². The van der Waals surface area contributed by atoms with Crippen molar-refractivity contribution in [2.24, 2.45) is 0 Å². The van der Waals surface area contributed by atoms with E-state index < -0.39 is 0 Å². The summed E-state index contributed by atoms with van der Waals surface area (Å²) in [7, 11) is 0. The van der Waals surface area contributed by atoms with Crippen LogP contribution in [0, 0.1) is 24.0 Å². The highest BCUT2D eigenvalue weighted by Gasteiger charge is 2.10. The Bertz CT molecular complexity index is 588. The van der Waals surface area contributed by atoms with Crippen LogP contribution in [0.5, 0.6) is 0 Å². The van der Waals surface area contributed by atoms with Crippen LogP contribution in [0.15, 0.2) is 42.5 Å². The summed E-state index contributed by atoms with van der Waals surface area (Å²) in [6.45, 7) is 3.83. The zero-order chi connectivity index (χ0) is 13.8. The Morgan fingerprint density at radius 1 is 0.947 bits per heavy atom. The van der Waals surface area contributed by atoms with E-state index in [0.717, 1.165) is 18.4 Å². The van der Waals surface area contributed by atoms with Gasteiger partial charge in [-0.05, 0) is 37.8 Å². The summed E-state index contributed by atoms with van der Waals surface area (Å²) >= 11 is 0. The molecule has 0 heterocycles. The van der Waals surface area contributed by atoms with E-state index in [4.69, 9.17) is 0 Å². The van der Waals surface area contributed by atoms with Crippen LogP contribution in [-0.4, -0.2) is 4.92 Å². The molecule has 0 radical (unpaired) electrons. The van der Waals surface area contributed by atoms with Gasteiger partial charge in [0.1, 0.15) is 0 Å². The number of benzene rings is 2. The van der Waals surface area contributed by atoms with Gasteiger partial charge in [-0.1, -0.05) is 42.0 Å². The van der Waals surface area contributed by atoms with Crippen LogP contribution in [0.2, 0.25) is 0 Å². The standard InChI is InChI=1S/C16H17NO2/c1-12-3-6-14(7-4-12)9-10-15-8-5-13(2)16(11-15)17(18)19/h3-8,11H,9-10H2,1-2H3. The predicted octanol–water partition coefficient (Wildman–Crippen LogP) is 4.00. The first-order valence-corrected chi connectivity index (χ1v) is 6.36. The van der Waals surface area contributed by atoms with Crippen LogP contribution in [0.1, 0.15) is 22.3 Å². The van der Waals surface area contributed by atoms with Crippen molar-refractivity contribution in [3.63, 3.8) is 0 Å². The van der Waals surface area contributed by atoms with E-state index in [9.17, 15) is 10.1 Å². The maximum absolute atomic E-state index is 10.9. The van der Waals surface area contributed by atoms with Gasteiger partial charge in [-0.25, -0.2) is 0 Å². The largest absolute Gasteiger partial charge is 0.272 e. The molecule has 2 aromatic rings. The van der Waals surface area contributed by atoms with Gasteiger partial charge in [0.25, 0.3) is 5.69 Å². The van der Waals surface area contributed by atoms with Crippen molar-refractivity contribution < 1.29 is 4.92 Å². The van der Waals surface area contributed by atoms with E-state index in [2.05, 4.69) is 31.2 Å². The zero-order valence-electron chi connectivity index (χ0n) is 11.2. The second kappa shape index (κ2) is 5.65. The number of nitro benzene ring substituents is 1. The normalized spacial score (nSPS) is 10.4. The van der Waals surface area contributed by atoms with Crippen LogP contribution in [0.4, 0.5) is 5.69 Å². The average Bonchev–Trinajstić information content (AvgIpc) is 2.39. The first-order chi connectivity index (χ1) is 9.06. The molecule has 0 atom stereocenters. The second-order valence-corrected chi connectivity index (χ2v) is 4.86. The van der Waals surface area contributed by atoms with E-state index in [1.807, 2.05) is 12.1 Å². The molecule has 0 unspecified atom stereocenters. The third kappa shape index (κ3) is 3.41. The first-order valence-electron chi connectivity index (χ1n) is 6.36. The predicted molar refractivity (Wildman–Crippen MR) is 76.4 cm³/mol. The maximum atomic E-state index is 10.9. The highest BCUT2D eigenvalue weighted by Crippen LogP contribution is 2.20. The molecular weight excluding hydrogens is 238 g/mol. The van der Waals surface area contributed by atoms with Crippen LogP contribution < -0.4 is 0 Å². The molecule has 19 heavy (non-hydrogen) atoms. The van der Waals surface area contributed by atoms with Crippen molar-refractivity contribution in [2.45, 2.75) is 26.7 Å². The minimum absolute atomic E-state index is 0.210. The fourth-order valence-electron chi connectivity index (χ4n) is 2.05. The van der Waals surface area contributed by atoms with E-state index in [-0.39, 0.29) is 10.6 Å². The molecule has 0 saturated carbocycles. The summed E-state index contributed by atoms with van der Waals surface area (Å²) in [4.78, 5) is 10.6. The molecule has 2 aromatic carbocycles. The average molecular weight is 255 g/mol. The molecule has 0 N–H and O–H groups in total. The van der Waals surface area contributed by atoms with Gasteiger partial charge in [0.05, 0.1) is 4.92 Å². The van der Waals surface area contributed by atoms with Gasteiger partial charge in [0.2, 0.25) is 0 Å². The van der Waals surface area contributed by atoms with E-state index in [0.29, 0.717) is 5.56 Å². The van der Waals surface area contributed by atoms with E-state index in [1.54, 1.807) is 13.0 Å². The molecule has 0 fully saturated rings. The van der Waals surface area contributed by atoms with Gasteiger partial charge in [-0.15, -0.1) is 0 Å². The Morgan fingerprint density at radius 3 is 2.16 bits per heavy atom. The number of rotatable bonds is 4. The highest BCUT2D eigenvalue weighted by atomic mass is 16.6. The second-order valence-electron chi connectivity index (χ2n) is 4.86. The quantitative estimate of drug-likeness (QED) is 0.612. The summed E-state index contributed by atoms with van der Waals surface area (Å²) in [5.41, 5.74) is 4.44. The minimum atomic E-state index is -0.315. The smallest absolute Gasteiger partial charge is 0.258 e. The number of hydrogen-bond donors (Lipinski definition) is 0. The van der Waals surface area contributed by atoms with Gasteiger partial charge in [0, 0.05) is 11.6 Å². The molecule has 98 valence electrons. The molecule has 0 saturated heterocycles. The molecule has 0 aliphatic carbocycles. The third-order valence-corrected chi connectivity index (χ3v) is 3.29. The molecule has 3 nitrogen and oxygen atoms in total. The molecule has 0 aromatic heterocycles. The molecule has 0 bridgehead atoms. The number of aryl methyl sites for hydroxylation is 4. The maximum Gasteiger partial charge on any atom is 0.272 e. The van der Waals surface area contributed by atoms with Crippen molar-refractivity contribution in [1.82, 2.24) is 0 Å². The minimum Gasteiger partial charge on any atom is -0.258 e. The number of nitro groups is 1. The number of hydrogen-bond acceptors (Lipinski definition) is 2. The van der Waals surface area contributed by atoms with Gasteiger partial charge >= 0.3 is 0 Å². The lowest BCUT2D eigenvalue weighted by Gasteiger charge is -2.04. The molecule has 0 amide bonds. The molecule has 0 aliphatic rings. The Hall–Kier alpha value is -2.16. The third-order valence-electron chi connectivity index (χ3n) is 3.29. The summed E-state index contributed by atoms with van der Waals surface area (Å²) < 4.78 is 0. The summed E-state index contributed by atoms with van der Waals surface area (Å²) in [5, 5.41) is 10.9. The lowest BCUT2D eigenvalue weighted by Crippen LogP contribution is -1.96. The molecule has 0 spiro atoms. The SMILES string of the molecule is Cc1ccc(CCc2ccc(C)c([N+](=O)[O-])c2)cc1. The molecule has 3 heteroatoms. The van der Waals surface area contributed by atoms with Crippen molar-refractivity contribution >= 4 is 5.69 Å². The zero-order valence-corrected chi connectivity index (χ0v) is 11.2. The topological polar surface area (TPSA) is 43.1 Å². The molecule has 0 aliphatic heterocycles. The van der Waals surface area contributed by atoms with Crippen LogP contribution in [-0.2, 0) is 12.8 Å². The lowest BCUT2D eigenvalue weighted by atomic mass is 10.0. The Kier molecular flexibility index (Phi) is 3.95. The Morgan fingerprint density at radius 2 is 1.53 bits per heavy atom. The molecule has 2 rings (SSSR count). The van der Waals surface area contributed by atoms with Crippen molar-refractivity contribution in [3.8, 4) is 0 Å². The first kappa shape index (κ1) is 13.3. The molecular formula is C16H17NO2. The lowest BCUT2D eigenvalue weighted by molar-refractivity contribution is -0.385. The fraction of sp³-hybridized carbons (Fsp3) is 0.250. The van der Waals surface area contributed by atoms with Crippen LogP contribution >= 0.6 is 0 Å². The van der Waals surface area contributed by atoms with Gasteiger partial charge in [-0.2, -0.15) is 0 Å². The van der Waals surface area contributed by atoms with Crippen LogP contribution in [0.3, 0.4) is 0 Å². The van der Waals surface area contributed by atoms with E-state index in [1.165, 1.54) is 11.1 Å². The summed E-state index contributed by atoms with van der Waals surface area (Å²) in [6.07, 6.45) is 1.73. The van der Waals surface area contributed by atoms with Gasteiger partial charge in [-0.3, -0.25) is 10.1 Å². The summed E-state index contributed by atoms with van der Waals surface area (Å²) in [5.74, 6) is 0. The monoisotopic (exact) mass is 255 g/mol. The van der Waals surface area contributed by atoms with Crippen molar-refractivity contribution in [2.75, 3.05) is 0 Å². The highest BCUT2D eigenvalue weighted by molar-refractivity contribution is 5.42. The summed E-state index contributed by atoms with van der Waals surface area (Å²) in [6, 6.07) is 13.9.